The lowest BCUT2D eigenvalue weighted by atomic mass is 10.00. The standard InChI is InChI=1S/C12H11ClO2/c13-11-5-4-9(7-15)12-8(6-14)2-1-3-10(11)12/h1-5,14-15H,6-7H2. The summed E-state index contributed by atoms with van der Waals surface area (Å²) in [7, 11) is 0. The van der Waals surface area contributed by atoms with Crippen LogP contribution in [-0.4, -0.2) is 10.2 Å². The van der Waals surface area contributed by atoms with Crippen LogP contribution in [0.3, 0.4) is 0 Å². The van der Waals surface area contributed by atoms with Gasteiger partial charge in [-0.1, -0.05) is 35.9 Å². The van der Waals surface area contributed by atoms with Crippen LogP contribution in [-0.2, 0) is 13.2 Å². The molecule has 0 saturated carbocycles. The average Bonchev–Trinajstić information content (AvgIpc) is 2.29. The van der Waals surface area contributed by atoms with E-state index in [0.29, 0.717) is 5.02 Å². The van der Waals surface area contributed by atoms with Crippen molar-refractivity contribution in [2.24, 2.45) is 0 Å². The highest BCUT2D eigenvalue weighted by atomic mass is 35.5. The number of hydrogen-bond acceptors (Lipinski definition) is 2. The summed E-state index contributed by atoms with van der Waals surface area (Å²) in [6.45, 7) is -0.102. The first-order chi connectivity index (χ1) is 7.27. The van der Waals surface area contributed by atoms with E-state index in [-0.39, 0.29) is 13.2 Å². The van der Waals surface area contributed by atoms with Crippen molar-refractivity contribution >= 4 is 22.4 Å². The van der Waals surface area contributed by atoms with Crippen molar-refractivity contribution in [3.8, 4) is 0 Å². The monoisotopic (exact) mass is 222 g/mol. The third-order valence-corrected chi connectivity index (χ3v) is 2.83. The van der Waals surface area contributed by atoms with Crippen LogP contribution in [0.1, 0.15) is 11.1 Å². The van der Waals surface area contributed by atoms with Gasteiger partial charge < -0.3 is 10.2 Å². The van der Waals surface area contributed by atoms with Crippen molar-refractivity contribution in [2.45, 2.75) is 13.2 Å². The van der Waals surface area contributed by atoms with Gasteiger partial charge in [-0.25, -0.2) is 0 Å². The second kappa shape index (κ2) is 4.19. The van der Waals surface area contributed by atoms with Crippen molar-refractivity contribution in [1.29, 1.82) is 0 Å². The number of halogens is 1. The third-order valence-electron chi connectivity index (χ3n) is 2.50. The zero-order valence-electron chi connectivity index (χ0n) is 8.07. The van der Waals surface area contributed by atoms with Crippen LogP contribution in [0, 0.1) is 0 Å². The van der Waals surface area contributed by atoms with Crippen LogP contribution in [0.2, 0.25) is 5.02 Å². The lowest BCUT2D eigenvalue weighted by Gasteiger charge is -2.09. The van der Waals surface area contributed by atoms with Crippen LogP contribution in [0.5, 0.6) is 0 Å². The molecule has 0 aliphatic rings. The minimum atomic E-state index is -0.0509. The van der Waals surface area contributed by atoms with E-state index in [9.17, 15) is 10.2 Å². The fraction of sp³-hybridized carbons (Fsp3) is 0.167. The average molecular weight is 223 g/mol. The number of rotatable bonds is 2. The molecule has 0 spiro atoms. The smallest absolute Gasteiger partial charge is 0.0688 e. The molecular weight excluding hydrogens is 212 g/mol. The van der Waals surface area contributed by atoms with Crippen molar-refractivity contribution in [3.05, 3.63) is 46.5 Å². The highest BCUT2D eigenvalue weighted by Crippen LogP contribution is 2.29. The van der Waals surface area contributed by atoms with Gasteiger partial charge in [-0.2, -0.15) is 0 Å². The molecule has 2 N–H and O–H groups in total. The van der Waals surface area contributed by atoms with E-state index in [1.165, 1.54) is 0 Å². The molecule has 78 valence electrons. The van der Waals surface area contributed by atoms with Crippen LogP contribution in [0.25, 0.3) is 10.8 Å². The van der Waals surface area contributed by atoms with Gasteiger partial charge >= 0.3 is 0 Å². The number of hydrogen-bond donors (Lipinski definition) is 2. The van der Waals surface area contributed by atoms with Crippen LogP contribution < -0.4 is 0 Å². The van der Waals surface area contributed by atoms with Gasteiger partial charge in [0.25, 0.3) is 0 Å². The summed E-state index contributed by atoms with van der Waals surface area (Å²) in [5.74, 6) is 0. The Balaban J connectivity index is 2.87. The second-order valence-electron chi connectivity index (χ2n) is 3.36. The Hall–Kier alpha value is -1.09. The maximum absolute atomic E-state index is 9.22. The molecule has 15 heavy (non-hydrogen) atoms. The lowest BCUT2D eigenvalue weighted by molar-refractivity contribution is 0.279. The molecular formula is C12H11ClO2. The Morgan fingerprint density at radius 1 is 0.933 bits per heavy atom. The first kappa shape index (κ1) is 10.4. The predicted octanol–water partition coefficient (Wildman–Crippen LogP) is 2.48. The SMILES string of the molecule is OCc1cccc2c(Cl)ccc(CO)c12. The molecule has 0 radical (unpaired) electrons. The van der Waals surface area contributed by atoms with E-state index < -0.39 is 0 Å². The molecule has 0 amide bonds. The van der Waals surface area contributed by atoms with Gasteiger partial charge in [0, 0.05) is 10.4 Å². The highest BCUT2D eigenvalue weighted by molar-refractivity contribution is 6.35. The van der Waals surface area contributed by atoms with E-state index in [4.69, 9.17) is 11.6 Å². The maximum Gasteiger partial charge on any atom is 0.0688 e. The second-order valence-corrected chi connectivity index (χ2v) is 3.77. The summed E-state index contributed by atoms with van der Waals surface area (Å²) in [6, 6.07) is 9.11. The molecule has 0 aliphatic heterocycles. The molecule has 0 saturated heterocycles. The van der Waals surface area contributed by atoms with E-state index in [2.05, 4.69) is 0 Å². The maximum atomic E-state index is 9.22. The summed E-state index contributed by atoms with van der Waals surface area (Å²) in [6.07, 6.45) is 0. The van der Waals surface area contributed by atoms with Gasteiger partial charge in [-0.15, -0.1) is 0 Å². The largest absolute Gasteiger partial charge is 0.392 e. The minimum Gasteiger partial charge on any atom is -0.392 e. The molecule has 0 aliphatic carbocycles. The highest BCUT2D eigenvalue weighted by Gasteiger charge is 2.07. The van der Waals surface area contributed by atoms with Crippen LogP contribution in [0.15, 0.2) is 30.3 Å². The van der Waals surface area contributed by atoms with E-state index >= 15 is 0 Å². The van der Waals surface area contributed by atoms with Gasteiger partial charge in [0.15, 0.2) is 0 Å². The van der Waals surface area contributed by atoms with E-state index in [0.717, 1.165) is 21.9 Å². The van der Waals surface area contributed by atoms with Crippen molar-refractivity contribution in [1.82, 2.24) is 0 Å². The topological polar surface area (TPSA) is 40.5 Å². The van der Waals surface area contributed by atoms with Crippen molar-refractivity contribution in [3.63, 3.8) is 0 Å². The Kier molecular flexibility index (Phi) is 2.91. The number of benzene rings is 2. The lowest BCUT2D eigenvalue weighted by Crippen LogP contribution is -1.92. The first-order valence-corrected chi connectivity index (χ1v) is 5.06. The van der Waals surface area contributed by atoms with Gasteiger partial charge in [-0.3, -0.25) is 0 Å². The minimum absolute atomic E-state index is 0.0509. The first-order valence-electron chi connectivity index (χ1n) is 4.68. The van der Waals surface area contributed by atoms with Gasteiger partial charge in [0.1, 0.15) is 0 Å². The molecule has 2 aromatic carbocycles. The van der Waals surface area contributed by atoms with E-state index in [1.54, 1.807) is 12.1 Å². The zero-order chi connectivity index (χ0) is 10.8. The summed E-state index contributed by atoms with van der Waals surface area (Å²) in [5, 5.41) is 20.8. The van der Waals surface area contributed by atoms with Crippen molar-refractivity contribution < 1.29 is 10.2 Å². The molecule has 0 atom stereocenters. The molecule has 2 rings (SSSR count). The quantitative estimate of drug-likeness (QED) is 0.820. The number of fused-ring (bicyclic) bond motifs is 1. The normalized spacial score (nSPS) is 10.9. The molecule has 0 unspecified atom stereocenters. The molecule has 3 heteroatoms. The summed E-state index contributed by atoms with van der Waals surface area (Å²) >= 11 is 6.05. The van der Waals surface area contributed by atoms with Crippen LogP contribution in [0.4, 0.5) is 0 Å². The fourth-order valence-corrected chi connectivity index (χ4v) is 2.01. The summed E-state index contributed by atoms with van der Waals surface area (Å²) < 4.78 is 0. The molecule has 2 nitrogen and oxygen atoms in total. The molecule has 0 bridgehead atoms. The zero-order valence-corrected chi connectivity index (χ0v) is 8.83. The summed E-state index contributed by atoms with van der Waals surface area (Å²) in [4.78, 5) is 0. The molecule has 0 aromatic heterocycles. The predicted molar refractivity (Wildman–Crippen MR) is 60.8 cm³/mol. The summed E-state index contributed by atoms with van der Waals surface area (Å²) in [5.41, 5.74) is 1.58. The molecule has 0 heterocycles. The Morgan fingerprint density at radius 3 is 2.27 bits per heavy atom. The van der Waals surface area contributed by atoms with Gasteiger partial charge in [0.2, 0.25) is 0 Å². The Morgan fingerprint density at radius 2 is 1.60 bits per heavy atom. The fourth-order valence-electron chi connectivity index (χ4n) is 1.79. The molecule has 0 fully saturated rings. The number of aliphatic hydroxyl groups is 2. The Bertz CT molecular complexity index is 484. The Labute approximate surface area is 92.7 Å². The van der Waals surface area contributed by atoms with E-state index in [1.807, 2.05) is 18.2 Å². The molecule has 2 aromatic rings. The van der Waals surface area contributed by atoms with Crippen LogP contribution >= 0.6 is 11.6 Å². The van der Waals surface area contributed by atoms with Crippen molar-refractivity contribution in [2.75, 3.05) is 0 Å². The van der Waals surface area contributed by atoms with Gasteiger partial charge in [-0.05, 0) is 22.6 Å². The van der Waals surface area contributed by atoms with Gasteiger partial charge in [0.05, 0.1) is 13.2 Å². The third kappa shape index (κ3) is 1.72. The number of aliphatic hydroxyl groups excluding tert-OH is 2.